The Balaban J connectivity index is 0.00000312. The summed E-state index contributed by atoms with van der Waals surface area (Å²) in [7, 11) is -3.75. The van der Waals surface area contributed by atoms with E-state index in [1.54, 1.807) is 0 Å². The summed E-state index contributed by atoms with van der Waals surface area (Å²) in [4.78, 5) is 32.3. The van der Waals surface area contributed by atoms with Crippen molar-refractivity contribution in [2.24, 2.45) is 5.16 Å². The molecule has 0 radical (unpaired) electrons. The molecule has 25 heavy (non-hydrogen) atoms. The summed E-state index contributed by atoms with van der Waals surface area (Å²) in [5, 5.41) is 7.16. The van der Waals surface area contributed by atoms with Crippen molar-refractivity contribution < 1.29 is 31.8 Å². The molecule has 1 aromatic rings. The van der Waals surface area contributed by atoms with Gasteiger partial charge in [-0.05, 0) is 0 Å². The first-order valence-corrected chi connectivity index (χ1v) is 8.48. The molecule has 134 valence electrons. The fraction of sp³-hybridized carbons (Fsp3) is 0.400. The van der Waals surface area contributed by atoms with E-state index in [1.807, 2.05) is 0 Å². The number of halogens is 1. The van der Waals surface area contributed by atoms with E-state index in [0.29, 0.717) is 0 Å². The average molecular weight is 405 g/mol. The summed E-state index contributed by atoms with van der Waals surface area (Å²) in [6, 6.07) is -3.04. The number of amides is 2. The van der Waals surface area contributed by atoms with Crippen LogP contribution >= 0.6 is 11.3 Å². The van der Waals surface area contributed by atoms with Crippen LogP contribution in [0.25, 0.3) is 0 Å². The van der Waals surface area contributed by atoms with Gasteiger partial charge in [-0.3, -0.25) is 14.1 Å². The number of alkyl halides is 1. The Labute approximate surface area is 167 Å². The first kappa shape index (κ1) is 21.7. The second-order valence-corrected chi connectivity index (χ2v) is 6.66. The number of hydrogen-bond donors (Lipinski definition) is 3. The van der Waals surface area contributed by atoms with Crippen molar-refractivity contribution in [3.63, 3.8) is 0 Å². The van der Waals surface area contributed by atoms with Crippen LogP contribution in [0.5, 0.6) is 0 Å². The van der Waals surface area contributed by atoms with Gasteiger partial charge in [0, 0.05) is 5.38 Å². The van der Waals surface area contributed by atoms with E-state index >= 15 is 0 Å². The monoisotopic (exact) mass is 405 g/mol. The predicted molar refractivity (Wildman–Crippen MR) is 87.3 cm³/mol. The third kappa shape index (κ3) is 4.45. The normalized spacial score (nSPS) is 20.5. The third-order valence-corrected chi connectivity index (χ3v) is 4.65. The number of thiazole rings is 1. The van der Waals surface area contributed by atoms with E-state index in [4.69, 9.17) is 10.3 Å². The maximum atomic E-state index is 13.0. The first-order valence-electron chi connectivity index (χ1n) is 6.20. The average Bonchev–Trinajstić information content (AvgIpc) is 2.91. The molecule has 15 heteroatoms. The number of nitrogen functional groups attached to an aromatic ring is 1. The van der Waals surface area contributed by atoms with Crippen LogP contribution < -0.4 is 11.1 Å². The maximum absolute atomic E-state index is 13.0. The minimum absolute atomic E-state index is 0. The van der Waals surface area contributed by atoms with Gasteiger partial charge in [0.25, 0.3) is 11.8 Å². The van der Waals surface area contributed by atoms with Crippen molar-refractivity contribution in [3.05, 3.63) is 11.1 Å². The number of nitrogens with one attached hydrogen (secondary N) is 1. The Kier molecular flexibility index (Phi) is 7.28. The molecule has 0 aliphatic carbocycles. The summed E-state index contributed by atoms with van der Waals surface area (Å²) < 4.78 is 43.8. The quantitative estimate of drug-likeness (QED) is 0.159. The van der Waals surface area contributed by atoms with Crippen LogP contribution in [0.2, 0.25) is 0 Å². The Hall–Kier alpha value is -1.32. The molecular formula is C10H13FN5NaO6S2. The zero-order valence-electron chi connectivity index (χ0n) is 12.0. The van der Waals surface area contributed by atoms with Gasteiger partial charge in [-0.25, -0.2) is 13.7 Å². The zero-order chi connectivity index (χ0) is 18.1. The van der Waals surface area contributed by atoms with E-state index < -0.39 is 40.9 Å². The molecule has 2 heterocycles. The molecular weight excluding hydrogens is 392 g/mol. The van der Waals surface area contributed by atoms with E-state index in [1.165, 1.54) is 12.5 Å². The van der Waals surface area contributed by atoms with Crippen LogP contribution in [-0.4, -0.2) is 95.2 Å². The van der Waals surface area contributed by atoms with Crippen LogP contribution in [0.3, 0.4) is 0 Å². The Morgan fingerprint density at radius 1 is 1.64 bits per heavy atom. The van der Waals surface area contributed by atoms with Crippen LogP contribution in [0.1, 0.15) is 5.69 Å². The number of carbonyl (C=O) groups is 2. The van der Waals surface area contributed by atoms with Gasteiger partial charge in [0.05, 0.1) is 0 Å². The molecule has 0 spiro atoms. The van der Waals surface area contributed by atoms with Gasteiger partial charge in [-0.1, -0.05) is 5.16 Å². The fourth-order valence-corrected chi connectivity index (χ4v) is 3.42. The van der Waals surface area contributed by atoms with Crippen LogP contribution in [-0.2, 0) is 24.7 Å². The van der Waals surface area contributed by atoms with Gasteiger partial charge in [0.1, 0.15) is 31.6 Å². The molecule has 0 bridgehead atoms. The van der Waals surface area contributed by atoms with E-state index in [2.05, 4.69) is 20.3 Å². The van der Waals surface area contributed by atoms with Crippen molar-refractivity contribution in [3.8, 4) is 0 Å². The fourth-order valence-electron chi connectivity index (χ4n) is 2.01. The number of rotatable bonds is 6. The Morgan fingerprint density at radius 2 is 2.28 bits per heavy atom. The summed E-state index contributed by atoms with van der Waals surface area (Å²) in [6.07, 6.45) is 0. The molecule has 1 aliphatic rings. The molecule has 1 aliphatic heterocycles. The number of carbonyl (C=O) groups excluding carboxylic acids is 2. The molecule has 1 saturated heterocycles. The topological polar surface area (TPSA) is 164 Å². The van der Waals surface area contributed by atoms with Gasteiger partial charge in [-0.15, -0.1) is 11.3 Å². The first-order chi connectivity index (χ1) is 11.2. The molecule has 1 fully saturated rings. The molecule has 2 unspecified atom stereocenters. The summed E-state index contributed by atoms with van der Waals surface area (Å²) in [6.45, 7) is -1.29. The van der Waals surface area contributed by atoms with Gasteiger partial charge in [0.2, 0.25) is 0 Å². The second-order valence-electron chi connectivity index (χ2n) is 4.48. The summed E-state index contributed by atoms with van der Waals surface area (Å²) in [5.41, 5.74) is 5.19. The molecule has 11 nitrogen and oxygen atoms in total. The number of nitrogens with two attached hydrogens (primary N) is 1. The molecule has 2 rings (SSSR count). The van der Waals surface area contributed by atoms with Gasteiger partial charge >= 0.3 is 39.9 Å². The molecule has 1 aromatic heterocycles. The molecule has 0 saturated carbocycles. The van der Waals surface area contributed by atoms with Crippen molar-refractivity contribution in [1.29, 1.82) is 0 Å². The van der Waals surface area contributed by atoms with Crippen LogP contribution in [0, 0.1) is 0 Å². The number of oxime groups is 1. The van der Waals surface area contributed by atoms with Crippen molar-refractivity contribution in [1.82, 2.24) is 14.6 Å². The molecule has 2 amide bonds. The van der Waals surface area contributed by atoms with Crippen molar-refractivity contribution in [2.75, 3.05) is 19.5 Å². The number of hydrogen-bond acceptors (Lipinski definition) is 9. The van der Waals surface area contributed by atoms with Crippen molar-refractivity contribution >= 4 is 73.9 Å². The molecule has 0 aromatic carbocycles. The van der Waals surface area contributed by atoms with Crippen LogP contribution in [0.4, 0.5) is 9.52 Å². The standard InChI is InChI=1S/C10H12FN5O6S2.Na.H/c1-22-15-6(4-3-23-10(12)13-4)8(17)14-7-5(2-11)16(9(7)18)24(19,20)21;;/h3,5,7H,2H2,1H3,(H2,12,13)(H,14,17)(H,19,20,21);;/b15-6-;;. The number of aromatic nitrogens is 1. The third-order valence-electron chi connectivity index (χ3n) is 3.02. The SMILES string of the molecule is CO/N=C(\C(=O)NC1C(=O)N(S(=O)(=O)O)C1CF)c1csc(N)n1.[NaH]. The van der Waals surface area contributed by atoms with Gasteiger partial charge in [-0.2, -0.15) is 8.42 Å². The van der Waals surface area contributed by atoms with Gasteiger partial charge in [0.15, 0.2) is 10.8 Å². The van der Waals surface area contributed by atoms with E-state index in [-0.39, 0.29) is 50.4 Å². The Morgan fingerprint density at radius 3 is 2.72 bits per heavy atom. The summed E-state index contributed by atoms with van der Waals surface area (Å²) in [5.74, 6) is -2.13. The summed E-state index contributed by atoms with van der Waals surface area (Å²) >= 11 is 1.03. The van der Waals surface area contributed by atoms with Gasteiger partial charge < -0.3 is 15.9 Å². The van der Waals surface area contributed by atoms with Crippen LogP contribution in [0.15, 0.2) is 10.5 Å². The van der Waals surface area contributed by atoms with Crippen molar-refractivity contribution in [2.45, 2.75) is 12.1 Å². The molecule has 2 atom stereocenters. The predicted octanol–water partition coefficient (Wildman–Crippen LogP) is -2.10. The minimum atomic E-state index is -4.91. The number of β-lactam (4-membered cyclic amide) rings is 1. The van der Waals surface area contributed by atoms with E-state index in [9.17, 15) is 22.4 Å². The number of anilines is 1. The number of nitrogens with zero attached hydrogens (tertiary/aromatic N) is 3. The molecule has 4 N–H and O–H groups in total. The van der Waals surface area contributed by atoms with E-state index in [0.717, 1.165) is 11.3 Å². The Bertz CT molecular complexity index is 799. The zero-order valence-corrected chi connectivity index (χ0v) is 13.7. The second kappa shape index (κ2) is 8.37.